The summed E-state index contributed by atoms with van der Waals surface area (Å²) in [5.74, 6) is 1.67. The van der Waals surface area contributed by atoms with Crippen LogP contribution in [0.1, 0.15) is 25.8 Å². The molecule has 26 heavy (non-hydrogen) atoms. The molecule has 5 nitrogen and oxygen atoms in total. The third kappa shape index (κ3) is 3.38. The number of benzene rings is 1. The van der Waals surface area contributed by atoms with Crippen molar-refractivity contribution < 1.29 is 9.84 Å². The van der Waals surface area contributed by atoms with Gasteiger partial charge in [-0.3, -0.25) is 14.7 Å². The Balaban J connectivity index is 1.45. The van der Waals surface area contributed by atoms with E-state index in [1.165, 1.54) is 5.56 Å². The number of rotatable bonds is 5. The smallest absolute Gasteiger partial charge is 0.123 e. The lowest BCUT2D eigenvalue weighted by Gasteiger charge is -2.61. The fourth-order valence-electron chi connectivity index (χ4n) is 5.43. The lowest BCUT2D eigenvalue weighted by Crippen LogP contribution is -2.77. The molecule has 0 radical (unpaired) electrons. The Morgan fingerprint density at radius 2 is 1.88 bits per heavy atom. The molecule has 3 aliphatic rings. The fourth-order valence-corrected chi connectivity index (χ4v) is 5.43. The second kappa shape index (κ2) is 7.12. The number of fused-ring (bicyclic) bond motifs is 2. The second-order valence-electron chi connectivity index (χ2n) is 8.96. The van der Waals surface area contributed by atoms with Crippen molar-refractivity contribution >= 4 is 0 Å². The van der Waals surface area contributed by atoms with Crippen LogP contribution in [0.2, 0.25) is 0 Å². The highest BCUT2D eigenvalue weighted by molar-refractivity contribution is 5.33. The number of nitrogens with zero attached hydrogens (tertiary/aromatic N) is 3. The molecule has 0 unspecified atom stereocenters. The van der Waals surface area contributed by atoms with Crippen LogP contribution in [0.4, 0.5) is 0 Å². The van der Waals surface area contributed by atoms with E-state index in [1.54, 1.807) is 7.11 Å². The number of methoxy groups -OCH3 is 1. The number of likely N-dealkylation sites (tertiary alicyclic amines) is 1. The molecule has 0 amide bonds. The van der Waals surface area contributed by atoms with Crippen LogP contribution in [-0.2, 0) is 6.54 Å². The van der Waals surface area contributed by atoms with Gasteiger partial charge in [0.1, 0.15) is 5.75 Å². The molecule has 1 N–H and O–H groups in total. The number of aliphatic hydroxyl groups excluding tert-OH is 1. The minimum Gasteiger partial charge on any atom is -0.496 e. The van der Waals surface area contributed by atoms with Gasteiger partial charge in [0.25, 0.3) is 0 Å². The Labute approximate surface area is 157 Å². The standard InChI is InChI=1S/C21H33N3O2/c1-16(2)9-22-11-18-8-19(25)12-24(18)21(13-22)14-23(15-21)10-17-6-4-5-7-20(17)26-3/h4-7,16,18-19,25H,8-15H2,1-3H3/t18-,19-/m1/s1. The Morgan fingerprint density at radius 3 is 2.62 bits per heavy atom. The predicted octanol–water partition coefficient (Wildman–Crippen LogP) is 1.66. The zero-order valence-corrected chi connectivity index (χ0v) is 16.4. The molecule has 1 aromatic rings. The molecule has 3 heterocycles. The Kier molecular flexibility index (Phi) is 4.99. The van der Waals surface area contributed by atoms with Crippen LogP contribution in [0.3, 0.4) is 0 Å². The van der Waals surface area contributed by atoms with Crippen LogP contribution >= 0.6 is 0 Å². The largest absolute Gasteiger partial charge is 0.496 e. The van der Waals surface area contributed by atoms with Crippen molar-refractivity contribution in [1.82, 2.24) is 14.7 Å². The lowest BCUT2D eigenvalue weighted by molar-refractivity contribution is -0.118. The molecule has 0 aliphatic carbocycles. The Hall–Kier alpha value is -1.14. The first-order chi connectivity index (χ1) is 12.5. The van der Waals surface area contributed by atoms with Gasteiger partial charge in [0.15, 0.2) is 0 Å². The molecule has 1 spiro atoms. The molecule has 1 aromatic carbocycles. The highest BCUT2D eigenvalue weighted by Crippen LogP contribution is 2.40. The van der Waals surface area contributed by atoms with Gasteiger partial charge in [0, 0.05) is 57.4 Å². The normalized spacial score (nSPS) is 29.1. The first kappa shape index (κ1) is 18.2. The van der Waals surface area contributed by atoms with Gasteiger partial charge in [-0.1, -0.05) is 32.0 Å². The van der Waals surface area contributed by atoms with Crippen LogP contribution in [0.5, 0.6) is 5.75 Å². The molecule has 2 atom stereocenters. The molecule has 0 aromatic heterocycles. The molecular weight excluding hydrogens is 326 g/mol. The predicted molar refractivity (Wildman–Crippen MR) is 103 cm³/mol. The van der Waals surface area contributed by atoms with Gasteiger partial charge in [-0.25, -0.2) is 0 Å². The number of ether oxygens (including phenoxy) is 1. The molecule has 0 bridgehead atoms. The molecule has 0 saturated carbocycles. The van der Waals surface area contributed by atoms with Crippen LogP contribution < -0.4 is 4.74 Å². The number of aliphatic hydroxyl groups is 1. The van der Waals surface area contributed by atoms with Crippen molar-refractivity contribution in [1.29, 1.82) is 0 Å². The van der Waals surface area contributed by atoms with Crippen molar-refractivity contribution in [2.45, 2.75) is 44.5 Å². The molecule has 5 heteroatoms. The minimum absolute atomic E-state index is 0.154. The summed E-state index contributed by atoms with van der Waals surface area (Å²) in [6.45, 7) is 12.0. The average molecular weight is 360 g/mol. The number of para-hydroxylation sites is 1. The monoisotopic (exact) mass is 359 g/mol. The van der Waals surface area contributed by atoms with E-state index in [4.69, 9.17) is 4.74 Å². The van der Waals surface area contributed by atoms with E-state index in [0.29, 0.717) is 12.0 Å². The maximum Gasteiger partial charge on any atom is 0.123 e. The summed E-state index contributed by atoms with van der Waals surface area (Å²) in [5, 5.41) is 10.3. The molecular formula is C21H33N3O2. The first-order valence-corrected chi connectivity index (χ1v) is 10.0. The maximum absolute atomic E-state index is 10.3. The van der Waals surface area contributed by atoms with Gasteiger partial charge in [-0.05, 0) is 18.4 Å². The van der Waals surface area contributed by atoms with Gasteiger partial charge >= 0.3 is 0 Å². The topological polar surface area (TPSA) is 39.2 Å². The van der Waals surface area contributed by atoms with Crippen LogP contribution in [0, 0.1) is 5.92 Å². The van der Waals surface area contributed by atoms with Crippen LogP contribution in [-0.4, -0.2) is 83.9 Å². The lowest BCUT2D eigenvalue weighted by atomic mass is 9.83. The third-order valence-corrected chi connectivity index (χ3v) is 6.23. The fraction of sp³-hybridized carbons (Fsp3) is 0.714. The van der Waals surface area contributed by atoms with Crippen molar-refractivity contribution in [2.24, 2.45) is 5.92 Å². The van der Waals surface area contributed by atoms with Crippen LogP contribution in [0.25, 0.3) is 0 Å². The van der Waals surface area contributed by atoms with Gasteiger partial charge in [-0.2, -0.15) is 0 Å². The number of β-amino-alcohol motifs (C(OH)–C–C–N with tert-alkyl or cyclic N) is 1. The molecule has 144 valence electrons. The SMILES string of the molecule is COc1ccccc1CN1CC2(CN(CC(C)C)C[C@H]3C[C@@H](O)CN32)C1. The highest BCUT2D eigenvalue weighted by Gasteiger charge is 2.55. The summed E-state index contributed by atoms with van der Waals surface area (Å²) >= 11 is 0. The number of piperazine rings is 1. The zero-order valence-electron chi connectivity index (χ0n) is 16.4. The second-order valence-corrected chi connectivity index (χ2v) is 8.96. The summed E-state index contributed by atoms with van der Waals surface area (Å²) in [4.78, 5) is 7.80. The van der Waals surface area contributed by atoms with Crippen molar-refractivity contribution in [3.63, 3.8) is 0 Å². The summed E-state index contributed by atoms with van der Waals surface area (Å²) in [6.07, 6.45) is 0.780. The molecule has 4 rings (SSSR count). The molecule has 3 aliphatic heterocycles. The van der Waals surface area contributed by atoms with Crippen molar-refractivity contribution in [2.75, 3.05) is 46.4 Å². The van der Waals surface area contributed by atoms with Gasteiger partial charge < -0.3 is 9.84 Å². The van der Waals surface area contributed by atoms with E-state index in [1.807, 2.05) is 12.1 Å². The van der Waals surface area contributed by atoms with Crippen molar-refractivity contribution in [3.8, 4) is 5.75 Å². The number of hydrogen-bond acceptors (Lipinski definition) is 5. The highest BCUT2D eigenvalue weighted by atomic mass is 16.5. The summed E-state index contributed by atoms with van der Waals surface area (Å²) in [7, 11) is 1.75. The summed E-state index contributed by atoms with van der Waals surface area (Å²) < 4.78 is 5.52. The van der Waals surface area contributed by atoms with Gasteiger partial charge in [0.2, 0.25) is 0 Å². The Morgan fingerprint density at radius 1 is 1.15 bits per heavy atom. The van der Waals surface area contributed by atoms with E-state index < -0.39 is 0 Å². The summed E-state index contributed by atoms with van der Waals surface area (Å²) in [6, 6.07) is 8.85. The van der Waals surface area contributed by atoms with E-state index >= 15 is 0 Å². The summed E-state index contributed by atoms with van der Waals surface area (Å²) in [5.41, 5.74) is 1.48. The van der Waals surface area contributed by atoms with E-state index in [-0.39, 0.29) is 11.6 Å². The van der Waals surface area contributed by atoms with Crippen LogP contribution in [0.15, 0.2) is 24.3 Å². The number of hydrogen-bond donors (Lipinski definition) is 1. The average Bonchev–Trinajstić information content (AvgIpc) is 2.94. The Bertz CT molecular complexity index is 629. The van der Waals surface area contributed by atoms with E-state index in [0.717, 1.165) is 58.0 Å². The zero-order chi connectivity index (χ0) is 18.3. The van der Waals surface area contributed by atoms with Gasteiger partial charge in [-0.15, -0.1) is 0 Å². The first-order valence-electron chi connectivity index (χ1n) is 10.0. The van der Waals surface area contributed by atoms with Crippen molar-refractivity contribution in [3.05, 3.63) is 29.8 Å². The van der Waals surface area contributed by atoms with E-state index in [2.05, 4.69) is 40.7 Å². The maximum atomic E-state index is 10.3. The third-order valence-electron chi connectivity index (χ3n) is 6.23. The van der Waals surface area contributed by atoms with Gasteiger partial charge in [0.05, 0.1) is 18.8 Å². The quantitative estimate of drug-likeness (QED) is 0.866. The molecule has 3 saturated heterocycles. The van der Waals surface area contributed by atoms with E-state index in [9.17, 15) is 5.11 Å². The minimum atomic E-state index is -0.154. The molecule has 3 fully saturated rings.